The molecule has 0 fully saturated rings. The van der Waals surface area contributed by atoms with Crippen LogP contribution < -0.4 is 4.74 Å². The van der Waals surface area contributed by atoms with Gasteiger partial charge in [-0.3, -0.25) is 4.98 Å². The van der Waals surface area contributed by atoms with Gasteiger partial charge >= 0.3 is 0 Å². The van der Waals surface area contributed by atoms with Crippen LogP contribution >= 0.6 is 12.6 Å². The summed E-state index contributed by atoms with van der Waals surface area (Å²) in [6.07, 6.45) is 2.99. The van der Waals surface area contributed by atoms with Crippen LogP contribution in [0.2, 0.25) is 0 Å². The van der Waals surface area contributed by atoms with E-state index in [9.17, 15) is 0 Å². The van der Waals surface area contributed by atoms with Crippen LogP contribution in [0.3, 0.4) is 0 Å². The van der Waals surface area contributed by atoms with Crippen molar-refractivity contribution in [2.75, 3.05) is 7.11 Å². The number of hydrogen-bond acceptors (Lipinski definition) is 7. The molecule has 7 heteroatoms. The van der Waals surface area contributed by atoms with Gasteiger partial charge in [-0.25, -0.2) is 4.98 Å². The van der Waals surface area contributed by atoms with E-state index in [1.165, 1.54) is 19.5 Å². The quantitative estimate of drug-likeness (QED) is 0.740. The molecule has 0 radical (unpaired) electrons. The predicted molar refractivity (Wildman–Crippen MR) is 49.1 cm³/mol. The zero-order chi connectivity index (χ0) is 9.97. The fourth-order valence-electron chi connectivity index (χ4n) is 0.868. The first-order valence-electron chi connectivity index (χ1n) is 3.68. The molecule has 0 atom stereocenters. The summed E-state index contributed by atoms with van der Waals surface area (Å²) in [6, 6.07) is 0. The standard InChI is InChI=1S/C7H6N4O2S/c1-12-5-3-8-2-4(9-5)6-10-11-7(14)13-6/h2-3H,1H3,(H,11,14). The summed E-state index contributed by atoms with van der Waals surface area (Å²) in [6.45, 7) is 0. The Morgan fingerprint density at radius 1 is 1.36 bits per heavy atom. The van der Waals surface area contributed by atoms with E-state index in [1.807, 2.05) is 0 Å². The lowest BCUT2D eigenvalue weighted by Crippen LogP contribution is -1.91. The normalized spacial score (nSPS) is 10.1. The fourth-order valence-corrected chi connectivity index (χ4v) is 1.000. The van der Waals surface area contributed by atoms with E-state index < -0.39 is 0 Å². The molecular formula is C7H6N4O2S. The smallest absolute Gasteiger partial charge is 0.273 e. The number of thiol groups is 1. The van der Waals surface area contributed by atoms with E-state index in [0.717, 1.165) is 0 Å². The zero-order valence-electron chi connectivity index (χ0n) is 7.21. The van der Waals surface area contributed by atoms with E-state index >= 15 is 0 Å². The third-order valence-corrected chi connectivity index (χ3v) is 1.64. The van der Waals surface area contributed by atoms with E-state index in [1.54, 1.807) is 0 Å². The van der Waals surface area contributed by atoms with Crippen LogP contribution in [-0.2, 0) is 0 Å². The molecular weight excluding hydrogens is 204 g/mol. The van der Waals surface area contributed by atoms with Gasteiger partial charge in [0.25, 0.3) is 11.1 Å². The summed E-state index contributed by atoms with van der Waals surface area (Å²) in [5, 5.41) is 7.48. The first-order valence-corrected chi connectivity index (χ1v) is 4.13. The predicted octanol–water partition coefficient (Wildman–Crippen LogP) is 0.824. The Hall–Kier alpha value is -1.63. The average Bonchev–Trinajstić information content (AvgIpc) is 2.65. The van der Waals surface area contributed by atoms with E-state index in [-0.39, 0.29) is 11.1 Å². The molecule has 0 saturated heterocycles. The number of methoxy groups -OCH3 is 1. The number of nitrogens with zero attached hydrogens (tertiary/aromatic N) is 4. The molecule has 0 saturated carbocycles. The van der Waals surface area contributed by atoms with Crippen molar-refractivity contribution in [2.45, 2.75) is 5.22 Å². The molecule has 6 nitrogen and oxygen atoms in total. The third kappa shape index (κ3) is 1.67. The van der Waals surface area contributed by atoms with Crippen LogP contribution in [0.1, 0.15) is 0 Å². The Morgan fingerprint density at radius 3 is 2.86 bits per heavy atom. The Labute approximate surface area is 84.8 Å². The second-order valence-electron chi connectivity index (χ2n) is 2.34. The lowest BCUT2D eigenvalue weighted by molar-refractivity contribution is 0.395. The lowest BCUT2D eigenvalue weighted by Gasteiger charge is -1.97. The number of rotatable bonds is 2. The largest absolute Gasteiger partial charge is 0.480 e. The second-order valence-corrected chi connectivity index (χ2v) is 2.72. The zero-order valence-corrected chi connectivity index (χ0v) is 8.10. The average molecular weight is 210 g/mol. The van der Waals surface area contributed by atoms with Gasteiger partial charge in [-0.2, -0.15) is 0 Å². The van der Waals surface area contributed by atoms with Gasteiger partial charge in [0.2, 0.25) is 5.88 Å². The van der Waals surface area contributed by atoms with E-state index in [0.29, 0.717) is 11.6 Å². The summed E-state index contributed by atoms with van der Waals surface area (Å²) in [4.78, 5) is 7.96. The maximum absolute atomic E-state index is 5.05. The lowest BCUT2D eigenvalue weighted by atomic mass is 10.4. The van der Waals surface area contributed by atoms with E-state index in [2.05, 4.69) is 32.8 Å². The molecule has 0 spiro atoms. The molecule has 0 aliphatic heterocycles. The van der Waals surface area contributed by atoms with Crippen molar-refractivity contribution in [3.05, 3.63) is 12.4 Å². The molecule has 0 aromatic carbocycles. The van der Waals surface area contributed by atoms with Crippen molar-refractivity contribution in [3.8, 4) is 17.5 Å². The van der Waals surface area contributed by atoms with Crippen LogP contribution in [0.15, 0.2) is 22.0 Å². The van der Waals surface area contributed by atoms with Crippen LogP contribution in [0.4, 0.5) is 0 Å². The molecule has 0 N–H and O–H groups in total. The van der Waals surface area contributed by atoms with E-state index in [4.69, 9.17) is 9.15 Å². The molecule has 2 heterocycles. The van der Waals surface area contributed by atoms with Crippen molar-refractivity contribution in [2.24, 2.45) is 0 Å². The van der Waals surface area contributed by atoms with Crippen molar-refractivity contribution in [1.29, 1.82) is 0 Å². The van der Waals surface area contributed by atoms with Crippen LogP contribution in [0.5, 0.6) is 5.88 Å². The minimum atomic E-state index is 0.185. The summed E-state index contributed by atoms with van der Waals surface area (Å²) in [5.41, 5.74) is 0.456. The van der Waals surface area contributed by atoms with Crippen molar-refractivity contribution in [1.82, 2.24) is 20.2 Å². The highest BCUT2D eigenvalue weighted by Gasteiger charge is 2.08. The molecule has 2 aromatic heterocycles. The molecule has 0 aliphatic carbocycles. The summed E-state index contributed by atoms with van der Waals surface area (Å²) < 4.78 is 9.95. The van der Waals surface area contributed by atoms with Crippen LogP contribution in [0, 0.1) is 0 Å². The van der Waals surface area contributed by atoms with Gasteiger partial charge in [0.05, 0.1) is 19.5 Å². The molecule has 0 amide bonds. The molecule has 0 bridgehead atoms. The van der Waals surface area contributed by atoms with Gasteiger partial charge in [0.1, 0.15) is 5.69 Å². The Balaban J connectivity index is 2.41. The second kappa shape index (κ2) is 3.62. The van der Waals surface area contributed by atoms with Crippen molar-refractivity contribution < 1.29 is 9.15 Å². The first-order chi connectivity index (χ1) is 6.79. The highest BCUT2D eigenvalue weighted by Crippen LogP contribution is 2.17. The van der Waals surface area contributed by atoms with Gasteiger partial charge in [-0.1, -0.05) is 12.6 Å². The minimum absolute atomic E-state index is 0.185. The topological polar surface area (TPSA) is 73.9 Å². The molecule has 72 valence electrons. The Kier molecular flexibility index (Phi) is 2.32. The highest BCUT2D eigenvalue weighted by atomic mass is 32.1. The van der Waals surface area contributed by atoms with Crippen molar-refractivity contribution >= 4 is 12.6 Å². The molecule has 0 unspecified atom stereocenters. The van der Waals surface area contributed by atoms with Crippen LogP contribution in [-0.4, -0.2) is 27.3 Å². The maximum Gasteiger partial charge on any atom is 0.273 e. The summed E-state index contributed by atoms with van der Waals surface area (Å²) in [7, 11) is 1.51. The maximum atomic E-state index is 5.05. The van der Waals surface area contributed by atoms with Gasteiger partial charge in [-0.05, 0) is 0 Å². The molecule has 0 aliphatic rings. The Bertz CT molecular complexity index is 445. The molecule has 2 rings (SSSR count). The summed E-state index contributed by atoms with van der Waals surface area (Å²) >= 11 is 3.88. The van der Waals surface area contributed by atoms with Gasteiger partial charge in [0.15, 0.2) is 0 Å². The van der Waals surface area contributed by atoms with Gasteiger partial charge < -0.3 is 9.15 Å². The molecule has 14 heavy (non-hydrogen) atoms. The first kappa shape index (κ1) is 8.95. The van der Waals surface area contributed by atoms with Gasteiger partial charge in [0, 0.05) is 0 Å². The van der Waals surface area contributed by atoms with Crippen LogP contribution in [0.25, 0.3) is 11.6 Å². The number of aromatic nitrogens is 4. The fraction of sp³-hybridized carbons (Fsp3) is 0.143. The minimum Gasteiger partial charge on any atom is -0.480 e. The third-order valence-electron chi connectivity index (χ3n) is 1.46. The SMILES string of the molecule is COc1cncc(-c2nnc(S)o2)n1. The Morgan fingerprint density at radius 2 is 2.21 bits per heavy atom. The number of hydrogen-bond donors (Lipinski definition) is 1. The van der Waals surface area contributed by atoms with Gasteiger partial charge in [-0.15, -0.1) is 10.2 Å². The van der Waals surface area contributed by atoms with Crippen molar-refractivity contribution in [3.63, 3.8) is 0 Å². The molecule has 2 aromatic rings. The number of ether oxygens (including phenoxy) is 1. The monoisotopic (exact) mass is 210 g/mol. The summed E-state index contributed by atoms with van der Waals surface area (Å²) in [5.74, 6) is 0.655. The highest BCUT2D eigenvalue weighted by molar-refractivity contribution is 7.80.